The monoisotopic (exact) mass is 414 g/mol. The van der Waals surface area contributed by atoms with Crippen molar-refractivity contribution >= 4 is 29.3 Å². The van der Waals surface area contributed by atoms with Gasteiger partial charge in [0.15, 0.2) is 6.54 Å². The third-order valence-corrected chi connectivity index (χ3v) is 5.99. The van der Waals surface area contributed by atoms with Gasteiger partial charge >= 0.3 is 0 Å². The first-order valence-corrected chi connectivity index (χ1v) is 10.8. The van der Waals surface area contributed by atoms with Crippen molar-refractivity contribution in [3.8, 4) is 5.75 Å². The van der Waals surface area contributed by atoms with E-state index in [1.165, 1.54) is 22.2 Å². The van der Waals surface area contributed by atoms with Crippen LogP contribution in [0.2, 0.25) is 0 Å². The van der Waals surface area contributed by atoms with Gasteiger partial charge in [-0.15, -0.1) is 11.8 Å². The molecule has 6 nitrogen and oxygen atoms in total. The van der Waals surface area contributed by atoms with Gasteiger partial charge in [-0.25, -0.2) is 0 Å². The van der Waals surface area contributed by atoms with Gasteiger partial charge < -0.3 is 19.9 Å². The molecule has 0 saturated carbocycles. The molecule has 0 radical (unpaired) electrons. The first kappa shape index (κ1) is 21.2. The fourth-order valence-corrected chi connectivity index (χ4v) is 4.03. The van der Waals surface area contributed by atoms with Gasteiger partial charge in [0.2, 0.25) is 5.91 Å². The van der Waals surface area contributed by atoms with E-state index in [1.54, 1.807) is 7.11 Å². The van der Waals surface area contributed by atoms with Crippen molar-refractivity contribution in [2.75, 3.05) is 50.9 Å². The van der Waals surface area contributed by atoms with Gasteiger partial charge in [0.05, 0.1) is 39.0 Å². The van der Waals surface area contributed by atoms with Gasteiger partial charge in [-0.05, 0) is 43.3 Å². The number of hydrogen-bond acceptors (Lipinski definition) is 4. The van der Waals surface area contributed by atoms with E-state index in [0.29, 0.717) is 25.4 Å². The molecule has 2 aromatic carbocycles. The molecule has 1 fully saturated rings. The summed E-state index contributed by atoms with van der Waals surface area (Å²) in [7, 11) is 1.64. The van der Waals surface area contributed by atoms with Crippen LogP contribution in [0.25, 0.3) is 0 Å². The number of benzene rings is 2. The van der Waals surface area contributed by atoms with Crippen LogP contribution >= 0.6 is 11.8 Å². The van der Waals surface area contributed by atoms with Crippen LogP contribution < -0.4 is 15.0 Å². The number of thioether (sulfide) groups is 1. The Bertz CT molecular complexity index is 816. The van der Waals surface area contributed by atoms with Crippen LogP contribution in [0.15, 0.2) is 53.4 Å². The van der Waals surface area contributed by atoms with Gasteiger partial charge in [-0.2, -0.15) is 0 Å². The second-order valence-corrected chi connectivity index (χ2v) is 8.23. The lowest BCUT2D eigenvalue weighted by Crippen LogP contribution is -3.15. The van der Waals surface area contributed by atoms with E-state index in [4.69, 9.17) is 4.74 Å². The molecule has 2 aromatic rings. The van der Waals surface area contributed by atoms with Gasteiger partial charge in [0.1, 0.15) is 5.75 Å². The minimum Gasteiger partial charge on any atom is -0.497 e. The van der Waals surface area contributed by atoms with Gasteiger partial charge in [0, 0.05) is 10.6 Å². The molecule has 1 aliphatic heterocycles. The molecule has 1 aliphatic rings. The Morgan fingerprint density at radius 2 is 1.72 bits per heavy atom. The molecule has 0 bridgehead atoms. The van der Waals surface area contributed by atoms with E-state index in [9.17, 15) is 9.59 Å². The van der Waals surface area contributed by atoms with Gasteiger partial charge in [-0.3, -0.25) is 9.59 Å². The average molecular weight is 415 g/mol. The lowest BCUT2D eigenvalue weighted by Gasteiger charge is -2.31. The van der Waals surface area contributed by atoms with Crippen LogP contribution in [-0.4, -0.2) is 62.3 Å². The molecule has 2 N–H and O–H groups in total. The Labute approximate surface area is 176 Å². The molecular formula is C22H28N3O3S+. The Kier molecular flexibility index (Phi) is 7.55. The van der Waals surface area contributed by atoms with Crippen molar-refractivity contribution in [1.29, 1.82) is 0 Å². The summed E-state index contributed by atoms with van der Waals surface area (Å²) in [5.74, 6) is 1.40. The Morgan fingerprint density at radius 1 is 1.07 bits per heavy atom. The summed E-state index contributed by atoms with van der Waals surface area (Å²) >= 11 is 1.54. The molecule has 154 valence electrons. The number of quaternary nitrogens is 1. The van der Waals surface area contributed by atoms with Crippen molar-refractivity contribution < 1.29 is 19.2 Å². The van der Waals surface area contributed by atoms with Crippen molar-refractivity contribution in [3.05, 3.63) is 54.1 Å². The summed E-state index contributed by atoms with van der Waals surface area (Å²) < 4.78 is 5.15. The molecule has 2 amide bonds. The SMILES string of the molecule is COc1ccc(SCC(=O)N2CC[NH+](CC(=O)Nc3ccc(C)cc3)CC2)cc1. The Morgan fingerprint density at radius 3 is 2.34 bits per heavy atom. The van der Waals surface area contributed by atoms with E-state index < -0.39 is 0 Å². The first-order chi connectivity index (χ1) is 14.0. The highest BCUT2D eigenvalue weighted by Gasteiger charge is 2.25. The summed E-state index contributed by atoms with van der Waals surface area (Å²) in [5.41, 5.74) is 1.99. The predicted octanol–water partition coefficient (Wildman–Crippen LogP) is 1.46. The normalized spacial score (nSPS) is 14.5. The average Bonchev–Trinajstić information content (AvgIpc) is 2.74. The Hall–Kier alpha value is -2.51. The van der Waals surface area contributed by atoms with E-state index in [1.807, 2.05) is 60.4 Å². The largest absolute Gasteiger partial charge is 0.497 e. The minimum atomic E-state index is 0.0127. The number of carbonyl (C=O) groups is 2. The molecule has 3 rings (SSSR count). The maximum atomic E-state index is 12.5. The number of piperazine rings is 1. The highest BCUT2D eigenvalue weighted by Crippen LogP contribution is 2.21. The quantitative estimate of drug-likeness (QED) is 0.674. The predicted molar refractivity (Wildman–Crippen MR) is 116 cm³/mol. The minimum absolute atomic E-state index is 0.0127. The number of aryl methyl sites for hydroxylation is 1. The zero-order chi connectivity index (χ0) is 20.6. The van der Waals surface area contributed by atoms with Crippen molar-refractivity contribution in [2.24, 2.45) is 0 Å². The summed E-state index contributed by atoms with van der Waals surface area (Å²) in [6.45, 7) is 5.41. The van der Waals surface area contributed by atoms with Crippen LogP contribution in [0, 0.1) is 6.92 Å². The number of rotatable bonds is 7. The molecule has 1 saturated heterocycles. The van der Waals surface area contributed by atoms with E-state index in [0.717, 1.165) is 29.4 Å². The van der Waals surface area contributed by atoms with Crippen LogP contribution in [0.4, 0.5) is 5.69 Å². The number of ether oxygens (including phenoxy) is 1. The molecule has 0 atom stereocenters. The molecule has 0 spiro atoms. The van der Waals surface area contributed by atoms with E-state index in [-0.39, 0.29) is 11.8 Å². The molecule has 0 unspecified atom stereocenters. The summed E-state index contributed by atoms with van der Waals surface area (Å²) in [6.07, 6.45) is 0. The number of methoxy groups -OCH3 is 1. The number of nitrogens with zero attached hydrogens (tertiary/aromatic N) is 1. The standard InChI is InChI=1S/C22H27N3O3S/c1-17-3-5-18(6-4-17)23-21(26)15-24-11-13-25(14-12-24)22(27)16-29-20-9-7-19(28-2)8-10-20/h3-10H,11-16H2,1-2H3,(H,23,26)/p+1. The van der Waals surface area contributed by atoms with Crippen molar-refractivity contribution in [1.82, 2.24) is 4.90 Å². The second-order valence-electron chi connectivity index (χ2n) is 7.19. The summed E-state index contributed by atoms with van der Waals surface area (Å²) in [4.78, 5) is 28.9. The third kappa shape index (κ3) is 6.51. The Balaban J connectivity index is 1.38. The zero-order valence-corrected chi connectivity index (χ0v) is 17.8. The fourth-order valence-electron chi connectivity index (χ4n) is 3.23. The number of anilines is 1. The van der Waals surface area contributed by atoms with Crippen LogP contribution in [0.3, 0.4) is 0 Å². The summed E-state index contributed by atoms with van der Waals surface area (Å²) in [6, 6.07) is 15.5. The fraction of sp³-hybridized carbons (Fsp3) is 0.364. The maximum absolute atomic E-state index is 12.5. The number of nitrogens with one attached hydrogen (secondary N) is 2. The zero-order valence-electron chi connectivity index (χ0n) is 16.9. The topological polar surface area (TPSA) is 63.1 Å². The number of carbonyl (C=O) groups excluding carboxylic acids is 2. The molecule has 0 aliphatic carbocycles. The number of amides is 2. The third-order valence-electron chi connectivity index (χ3n) is 4.99. The summed E-state index contributed by atoms with van der Waals surface area (Å²) in [5, 5.41) is 2.94. The smallest absolute Gasteiger partial charge is 0.279 e. The van der Waals surface area contributed by atoms with Gasteiger partial charge in [0.25, 0.3) is 5.91 Å². The molecule has 29 heavy (non-hydrogen) atoms. The lowest BCUT2D eigenvalue weighted by molar-refractivity contribution is -0.895. The lowest BCUT2D eigenvalue weighted by atomic mass is 10.2. The highest BCUT2D eigenvalue weighted by molar-refractivity contribution is 8.00. The van der Waals surface area contributed by atoms with Crippen molar-refractivity contribution in [3.63, 3.8) is 0 Å². The highest BCUT2D eigenvalue weighted by atomic mass is 32.2. The molecule has 7 heteroatoms. The molecule has 0 aromatic heterocycles. The van der Waals surface area contributed by atoms with Crippen LogP contribution in [0.5, 0.6) is 5.75 Å². The first-order valence-electron chi connectivity index (χ1n) is 9.78. The maximum Gasteiger partial charge on any atom is 0.279 e. The van der Waals surface area contributed by atoms with Crippen LogP contribution in [0.1, 0.15) is 5.56 Å². The van der Waals surface area contributed by atoms with E-state index >= 15 is 0 Å². The van der Waals surface area contributed by atoms with Gasteiger partial charge in [-0.1, -0.05) is 17.7 Å². The van der Waals surface area contributed by atoms with Crippen molar-refractivity contribution in [2.45, 2.75) is 11.8 Å². The van der Waals surface area contributed by atoms with Crippen LogP contribution in [-0.2, 0) is 9.59 Å². The molecule has 1 heterocycles. The van der Waals surface area contributed by atoms with E-state index in [2.05, 4.69) is 5.32 Å². The molecular weight excluding hydrogens is 386 g/mol. The number of hydrogen-bond donors (Lipinski definition) is 2. The second kappa shape index (κ2) is 10.3.